The van der Waals surface area contributed by atoms with Gasteiger partial charge in [0, 0.05) is 24.3 Å². The molecule has 2 heterocycles. The molecule has 0 aliphatic rings. The summed E-state index contributed by atoms with van der Waals surface area (Å²) in [5.74, 6) is 0.778. The van der Waals surface area contributed by atoms with Crippen molar-refractivity contribution in [3.63, 3.8) is 0 Å². The van der Waals surface area contributed by atoms with Crippen LogP contribution in [0.2, 0.25) is 0 Å². The number of methoxy groups -OCH3 is 1. The summed E-state index contributed by atoms with van der Waals surface area (Å²) in [4.78, 5) is 11.4. The van der Waals surface area contributed by atoms with E-state index >= 15 is 0 Å². The van der Waals surface area contributed by atoms with Gasteiger partial charge in [-0.1, -0.05) is 6.92 Å². The van der Waals surface area contributed by atoms with Crippen LogP contribution in [0, 0.1) is 5.92 Å². The summed E-state index contributed by atoms with van der Waals surface area (Å²) in [6.45, 7) is 1.84. The predicted molar refractivity (Wildman–Crippen MR) is 69.3 cm³/mol. The second-order valence-electron chi connectivity index (χ2n) is 4.26. The molecular formula is C12H14N2O4S. The molecule has 0 fully saturated rings. The zero-order valence-electron chi connectivity index (χ0n) is 10.6. The topological polar surface area (TPSA) is 85.5 Å². The Hall–Kier alpha value is -1.89. The number of carboxylic acid groups (broad SMARTS) is 1. The van der Waals surface area contributed by atoms with Crippen LogP contribution < -0.4 is 4.74 Å². The molecule has 0 saturated carbocycles. The lowest BCUT2D eigenvalue weighted by Gasteiger charge is -2.03. The van der Waals surface area contributed by atoms with Crippen molar-refractivity contribution in [3.05, 3.63) is 17.3 Å². The monoisotopic (exact) mass is 282 g/mol. The van der Waals surface area contributed by atoms with Gasteiger partial charge in [-0.25, -0.2) is 0 Å². The first kappa shape index (κ1) is 13.5. The van der Waals surface area contributed by atoms with Crippen LogP contribution in [0.5, 0.6) is 5.75 Å². The minimum atomic E-state index is -0.824. The molecule has 0 aliphatic carbocycles. The van der Waals surface area contributed by atoms with E-state index in [1.165, 1.54) is 11.3 Å². The lowest BCUT2D eigenvalue weighted by Crippen LogP contribution is -2.07. The molecular weight excluding hydrogens is 268 g/mol. The maximum absolute atomic E-state index is 10.6. The second-order valence-corrected chi connectivity index (χ2v) is 5.17. The highest BCUT2D eigenvalue weighted by atomic mass is 32.1. The highest BCUT2D eigenvalue weighted by molar-refractivity contribution is 7.13. The van der Waals surface area contributed by atoms with E-state index in [0.29, 0.717) is 18.2 Å². The summed E-state index contributed by atoms with van der Waals surface area (Å²) in [6, 6.07) is 1.82. The number of hydrogen-bond donors (Lipinski definition) is 1. The van der Waals surface area contributed by atoms with E-state index in [1.807, 2.05) is 18.4 Å². The quantitative estimate of drug-likeness (QED) is 0.876. The fraction of sp³-hybridized carbons (Fsp3) is 0.417. The van der Waals surface area contributed by atoms with E-state index in [0.717, 1.165) is 10.6 Å². The zero-order valence-corrected chi connectivity index (χ0v) is 11.4. The Morgan fingerprint density at radius 3 is 3.00 bits per heavy atom. The zero-order chi connectivity index (χ0) is 13.8. The summed E-state index contributed by atoms with van der Waals surface area (Å²) < 4.78 is 10.6. The number of thiophene rings is 1. The molecule has 2 aromatic heterocycles. The molecule has 7 heteroatoms. The second kappa shape index (κ2) is 5.83. The summed E-state index contributed by atoms with van der Waals surface area (Å²) >= 11 is 1.45. The Labute approximate surface area is 114 Å². The summed E-state index contributed by atoms with van der Waals surface area (Å²) in [6.07, 6.45) is 0.548. The van der Waals surface area contributed by atoms with Crippen LogP contribution in [-0.4, -0.2) is 28.4 Å². The molecule has 2 aromatic rings. The fourth-order valence-corrected chi connectivity index (χ4v) is 2.42. The van der Waals surface area contributed by atoms with Crippen LogP contribution in [0.4, 0.5) is 0 Å². The third kappa shape index (κ3) is 3.54. The minimum absolute atomic E-state index is 0.0383. The van der Waals surface area contributed by atoms with Crippen molar-refractivity contribution >= 4 is 17.3 Å². The first-order chi connectivity index (χ1) is 9.08. The Morgan fingerprint density at radius 2 is 2.37 bits per heavy atom. The number of rotatable bonds is 6. The van der Waals surface area contributed by atoms with Crippen LogP contribution in [0.1, 0.15) is 19.2 Å². The molecule has 0 spiro atoms. The first-order valence-electron chi connectivity index (χ1n) is 5.75. The Morgan fingerprint density at radius 1 is 1.58 bits per heavy atom. The first-order valence-corrected chi connectivity index (χ1v) is 6.63. The number of hydrogen-bond acceptors (Lipinski definition) is 6. The van der Waals surface area contributed by atoms with Gasteiger partial charge in [-0.15, -0.1) is 21.5 Å². The van der Waals surface area contributed by atoms with Crippen molar-refractivity contribution < 1.29 is 19.1 Å². The highest BCUT2D eigenvalue weighted by Gasteiger charge is 2.15. The molecule has 1 atom stereocenters. The van der Waals surface area contributed by atoms with Gasteiger partial charge in [-0.3, -0.25) is 4.79 Å². The number of ether oxygens (including phenoxy) is 1. The number of aromatic nitrogens is 2. The summed E-state index contributed by atoms with van der Waals surface area (Å²) in [5.41, 5.74) is 0. The number of carbonyl (C=O) groups is 1. The average molecular weight is 282 g/mol. The molecule has 0 saturated heterocycles. The Balaban J connectivity index is 2.04. The largest absolute Gasteiger partial charge is 0.496 e. The van der Waals surface area contributed by atoms with Crippen molar-refractivity contribution in [2.45, 2.75) is 19.8 Å². The maximum atomic E-state index is 10.6. The van der Waals surface area contributed by atoms with E-state index in [4.69, 9.17) is 14.3 Å². The third-order valence-electron chi connectivity index (χ3n) is 2.53. The smallest absolute Gasteiger partial charge is 0.303 e. The number of nitrogens with zero attached hydrogens (tertiary/aromatic N) is 2. The fourth-order valence-electron chi connectivity index (χ4n) is 1.64. The van der Waals surface area contributed by atoms with Crippen molar-refractivity contribution in [2.24, 2.45) is 5.92 Å². The summed E-state index contributed by atoms with van der Waals surface area (Å²) in [7, 11) is 1.60. The number of aliphatic carboxylic acids is 1. The Kier molecular flexibility index (Phi) is 4.16. The molecule has 2 rings (SSSR count). The van der Waals surface area contributed by atoms with E-state index in [9.17, 15) is 4.79 Å². The molecule has 1 N–H and O–H groups in total. The van der Waals surface area contributed by atoms with E-state index in [-0.39, 0.29) is 12.3 Å². The van der Waals surface area contributed by atoms with E-state index < -0.39 is 5.97 Å². The van der Waals surface area contributed by atoms with Gasteiger partial charge in [-0.2, -0.15) is 0 Å². The molecule has 0 aromatic carbocycles. The van der Waals surface area contributed by atoms with Gasteiger partial charge in [0.2, 0.25) is 5.89 Å². The predicted octanol–water partition coefficient (Wildman–Crippen LogP) is 2.46. The Bertz CT molecular complexity index is 564. The minimum Gasteiger partial charge on any atom is -0.496 e. The molecule has 102 valence electrons. The van der Waals surface area contributed by atoms with Crippen LogP contribution in [0.15, 0.2) is 15.9 Å². The van der Waals surface area contributed by atoms with E-state index in [1.54, 1.807) is 7.11 Å². The molecule has 0 aliphatic heterocycles. The van der Waals surface area contributed by atoms with Gasteiger partial charge in [0.25, 0.3) is 5.89 Å². The summed E-state index contributed by atoms with van der Waals surface area (Å²) in [5, 5.41) is 18.4. The average Bonchev–Trinajstić information content (AvgIpc) is 2.95. The maximum Gasteiger partial charge on any atom is 0.303 e. The molecule has 0 amide bonds. The van der Waals surface area contributed by atoms with Crippen LogP contribution >= 0.6 is 11.3 Å². The third-order valence-corrected chi connectivity index (χ3v) is 3.43. The number of carboxylic acids is 1. The van der Waals surface area contributed by atoms with Crippen LogP contribution in [-0.2, 0) is 11.2 Å². The molecule has 6 nitrogen and oxygen atoms in total. The van der Waals surface area contributed by atoms with Gasteiger partial charge in [0.05, 0.1) is 12.0 Å². The van der Waals surface area contributed by atoms with Gasteiger partial charge >= 0.3 is 5.97 Å². The SMILES string of the molecule is COc1csc(-c2nnc(CC(C)CC(=O)O)o2)c1. The molecule has 1 unspecified atom stereocenters. The van der Waals surface area contributed by atoms with Gasteiger partial charge in [0.1, 0.15) is 5.75 Å². The van der Waals surface area contributed by atoms with Crippen molar-refractivity contribution in [1.82, 2.24) is 10.2 Å². The van der Waals surface area contributed by atoms with E-state index in [2.05, 4.69) is 10.2 Å². The standard InChI is InChI=1S/C12H14N2O4S/c1-7(4-11(15)16)3-10-13-14-12(18-10)9-5-8(17-2)6-19-9/h5-7H,3-4H2,1-2H3,(H,15,16). The van der Waals surface area contributed by atoms with Crippen molar-refractivity contribution in [2.75, 3.05) is 7.11 Å². The van der Waals surface area contributed by atoms with Gasteiger partial charge in [-0.05, 0) is 5.92 Å². The molecule has 0 radical (unpaired) electrons. The normalized spacial score (nSPS) is 12.3. The molecule has 19 heavy (non-hydrogen) atoms. The lowest BCUT2D eigenvalue weighted by atomic mass is 10.0. The highest BCUT2D eigenvalue weighted by Crippen LogP contribution is 2.30. The lowest BCUT2D eigenvalue weighted by molar-refractivity contribution is -0.137. The van der Waals surface area contributed by atoms with Crippen LogP contribution in [0.3, 0.4) is 0 Å². The van der Waals surface area contributed by atoms with Gasteiger partial charge < -0.3 is 14.3 Å². The van der Waals surface area contributed by atoms with Crippen LogP contribution in [0.25, 0.3) is 10.8 Å². The molecule has 0 bridgehead atoms. The van der Waals surface area contributed by atoms with Crippen molar-refractivity contribution in [3.8, 4) is 16.5 Å². The van der Waals surface area contributed by atoms with Gasteiger partial charge in [0.15, 0.2) is 0 Å². The van der Waals surface area contributed by atoms with Crippen molar-refractivity contribution in [1.29, 1.82) is 0 Å².